The van der Waals surface area contributed by atoms with Crippen molar-refractivity contribution in [3.05, 3.63) is 56.2 Å². The molecule has 0 aliphatic heterocycles. The van der Waals surface area contributed by atoms with E-state index in [-0.39, 0.29) is 5.76 Å². The van der Waals surface area contributed by atoms with Crippen LogP contribution in [0.3, 0.4) is 0 Å². The number of furan rings is 1. The van der Waals surface area contributed by atoms with Crippen molar-refractivity contribution in [1.82, 2.24) is 0 Å². The zero-order valence-electron chi connectivity index (χ0n) is 9.84. The molecule has 6 nitrogen and oxygen atoms in total. The van der Waals surface area contributed by atoms with Crippen molar-refractivity contribution < 1.29 is 14.1 Å². The first-order valence-corrected chi connectivity index (χ1v) is 6.08. The fourth-order valence-electron chi connectivity index (χ4n) is 1.46. The van der Waals surface area contributed by atoms with Crippen molar-refractivity contribution in [2.75, 3.05) is 5.32 Å². The molecule has 2 aromatic rings. The van der Waals surface area contributed by atoms with Crippen LogP contribution in [0.2, 0.25) is 0 Å². The van der Waals surface area contributed by atoms with Crippen molar-refractivity contribution >= 4 is 33.4 Å². The quantitative estimate of drug-likeness (QED) is 0.691. The van der Waals surface area contributed by atoms with Gasteiger partial charge in [0.05, 0.1) is 6.07 Å². The van der Waals surface area contributed by atoms with Crippen LogP contribution in [0.15, 0.2) is 39.2 Å². The molecule has 0 aliphatic carbocycles. The smallest absolute Gasteiger partial charge is 0.395 e. The molecule has 1 N–H and O–H groups in total. The van der Waals surface area contributed by atoms with Gasteiger partial charge in [0.25, 0.3) is 5.91 Å². The number of rotatable bonds is 3. The summed E-state index contributed by atoms with van der Waals surface area (Å²) in [4.78, 5) is 21.6. The van der Waals surface area contributed by atoms with Crippen molar-refractivity contribution in [2.45, 2.75) is 6.92 Å². The van der Waals surface area contributed by atoms with E-state index in [0.717, 1.165) is 16.1 Å². The molecular formula is C12H9BrN2O4. The number of amides is 1. The summed E-state index contributed by atoms with van der Waals surface area (Å²) in [6.45, 7) is 1.89. The van der Waals surface area contributed by atoms with E-state index in [1.165, 1.54) is 6.07 Å². The maximum Gasteiger partial charge on any atom is 0.433 e. The van der Waals surface area contributed by atoms with Crippen LogP contribution in [-0.2, 0) is 0 Å². The summed E-state index contributed by atoms with van der Waals surface area (Å²) in [6.07, 6.45) is 0. The molecule has 7 heteroatoms. The van der Waals surface area contributed by atoms with Gasteiger partial charge in [-0.25, -0.2) is 0 Å². The minimum atomic E-state index is -0.694. The minimum Gasteiger partial charge on any atom is -0.395 e. The van der Waals surface area contributed by atoms with Crippen LogP contribution in [0, 0.1) is 17.0 Å². The van der Waals surface area contributed by atoms with Gasteiger partial charge in [0, 0.05) is 10.2 Å². The predicted molar refractivity (Wildman–Crippen MR) is 72.2 cm³/mol. The maximum absolute atomic E-state index is 11.8. The summed E-state index contributed by atoms with van der Waals surface area (Å²) in [5, 5.41) is 13.1. The third-order valence-electron chi connectivity index (χ3n) is 2.41. The van der Waals surface area contributed by atoms with E-state index in [4.69, 9.17) is 4.42 Å². The van der Waals surface area contributed by atoms with Crippen molar-refractivity contribution in [2.24, 2.45) is 0 Å². The van der Waals surface area contributed by atoms with Crippen LogP contribution < -0.4 is 5.32 Å². The maximum atomic E-state index is 11.8. The Morgan fingerprint density at radius 2 is 2.11 bits per heavy atom. The highest BCUT2D eigenvalue weighted by Gasteiger charge is 2.17. The number of halogens is 1. The first-order chi connectivity index (χ1) is 8.97. The van der Waals surface area contributed by atoms with Crippen LogP contribution in [0.4, 0.5) is 11.6 Å². The number of nitro groups is 1. The fraction of sp³-hybridized carbons (Fsp3) is 0.0833. The fourth-order valence-corrected chi connectivity index (χ4v) is 1.71. The van der Waals surface area contributed by atoms with E-state index < -0.39 is 16.7 Å². The molecule has 0 atom stereocenters. The number of nitrogens with one attached hydrogen (secondary N) is 1. The summed E-state index contributed by atoms with van der Waals surface area (Å²) >= 11 is 3.35. The number of aryl methyl sites for hydroxylation is 1. The van der Waals surface area contributed by atoms with Crippen LogP contribution >= 0.6 is 15.9 Å². The van der Waals surface area contributed by atoms with Gasteiger partial charge in [0.1, 0.15) is 4.92 Å². The third-order valence-corrected chi connectivity index (χ3v) is 3.30. The van der Waals surface area contributed by atoms with Gasteiger partial charge in [-0.3, -0.25) is 14.9 Å². The normalized spacial score (nSPS) is 10.2. The lowest BCUT2D eigenvalue weighted by Crippen LogP contribution is -2.10. The molecule has 1 aromatic heterocycles. The molecule has 19 heavy (non-hydrogen) atoms. The van der Waals surface area contributed by atoms with Crippen molar-refractivity contribution in [3.8, 4) is 0 Å². The molecule has 0 radical (unpaired) electrons. The predicted octanol–water partition coefficient (Wildman–Crippen LogP) is 3.51. The molecule has 2 rings (SSSR count). The van der Waals surface area contributed by atoms with Crippen LogP contribution in [0.5, 0.6) is 0 Å². The van der Waals surface area contributed by atoms with Crippen molar-refractivity contribution in [3.63, 3.8) is 0 Å². The van der Waals surface area contributed by atoms with E-state index >= 15 is 0 Å². The average molecular weight is 325 g/mol. The second-order valence-corrected chi connectivity index (χ2v) is 4.67. The van der Waals surface area contributed by atoms with Gasteiger partial charge < -0.3 is 9.73 Å². The lowest BCUT2D eigenvalue weighted by molar-refractivity contribution is -0.402. The minimum absolute atomic E-state index is 0.104. The Balaban J connectivity index is 2.15. The molecule has 1 amide bonds. The second-order valence-electron chi connectivity index (χ2n) is 3.81. The summed E-state index contributed by atoms with van der Waals surface area (Å²) in [7, 11) is 0. The monoisotopic (exact) mass is 324 g/mol. The zero-order valence-corrected chi connectivity index (χ0v) is 11.4. The van der Waals surface area contributed by atoms with Gasteiger partial charge in [-0.15, -0.1) is 0 Å². The summed E-state index contributed by atoms with van der Waals surface area (Å²) in [5.41, 5.74) is 1.55. The van der Waals surface area contributed by atoms with Gasteiger partial charge in [0.2, 0.25) is 0 Å². The van der Waals surface area contributed by atoms with E-state index in [9.17, 15) is 14.9 Å². The van der Waals surface area contributed by atoms with Gasteiger partial charge in [-0.1, -0.05) is 15.9 Å². The Kier molecular flexibility index (Phi) is 3.66. The lowest BCUT2D eigenvalue weighted by Gasteiger charge is -2.05. The Morgan fingerprint density at radius 3 is 2.68 bits per heavy atom. The molecule has 0 fully saturated rings. The van der Waals surface area contributed by atoms with Crippen molar-refractivity contribution in [1.29, 1.82) is 0 Å². The molecular weight excluding hydrogens is 316 g/mol. The number of hydrogen-bond acceptors (Lipinski definition) is 4. The van der Waals surface area contributed by atoms with Crippen LogP contribution in [0.1, 0.15) is 16.1 Å². The largest absolute Gasteiger partial charge is 0.433 e. The van der Waals surface area contributed by atoms with Gasteiger partial charge in [0.15, 0.2) is 5.76 Å². The highest BCUT2D eigenvalue weighted by atomic mass is 79.9. The molecule has 98 valence electrons. The molecule has 1 heterocycles. The molecule has 0 spiro atoms. The van der Waals surface area contributed by atoms with Gasteiger partial charge >= 0.3 is 5.88 Å². The molecule has 0 unspecified atom stereocenters. The van der Waals surface area contributed by atoms with Crippen LogP contribution in [0.25, 0.3) is 0 Å². The Morgan fingerprint density at radius 1 is 1.37 bits per heavy atom. The van der Waals surface area contributed by atoms with E-state index in [0.29, 0.717) is 5.69 Å². The first kappa shape index (κ1) is 13.3. The summed E-state index contributed by atoms with van der Waals surface area (Å²) in [5.74, 6) is -1.10. The van der Waals surface area contributed by atoms with Gasteiger partial charge in [-0.2, -0.15) is 0 Å². The molecule has 0 aliphatic rings. The summed E-state index contributed by atoms with van der Waals surface area (Å²) in [6, 6.07) is 7.70. The average Bonchev–Trinajstić information content (AvgIpc) is 2.83. The first-order valence-electron chi connectivity index (χ1n) is 5.29. The zero-order chi connectivity index (χ0) is 14.0. The topological polar surface area (TPSA) is 85.4 Å². The molecule has 0 bridgehead atoms. The standard InChI is InChI=1S/C12H9BrN2O4/c1-7-6-8(2-3-9(7)13)14-12(16)10-4-5-11(19-10)15(17)18/h2-6H,1H3,(H,14,16). The van der Waals surface area contributed by atoms with E-state index in [2.05, 4.69) is 21.2 Å². The molecule has 0 saturated heterocycles. The third kappa shape index (κ3) is 3.00. The number of carbonyl (C=O) groups is 1. The Bertz CT molecular complexity index is 651. The number of nitrogens with zero attached hydrogens (tertiary/aromatic N) is 1. The number of carbonyl (C=O) groups excluding carboxylic acids is 1. The lowest BCUT2D eigenvalue weighted by atomic mass is 10.2. The molecule has 1 aromatic carbocycles. The number of anilines is 1. The molecule has 0 saturated carbocycles. The number of benzene rings is 1. The Labute approximate surface area is 116 Å². The second kappa shape index (κ2) is 5.23. The van der Waals surface area contributed by atoms with E-state index in [1.807, 2.05) is 6.92 Å². The highest BCUT2D eigenvalue weighted by Crippen LogP contribution is 2.21. The van der Waals surface area contributed by atoms with E-state index in [1.54, 1.807) is 18.2 Å². The van der Waals surface area contributed by atoms with Gasteiger partial charge in [-0.05, 0) is 36.8 Å². The SMILES string of the molecule is Cc1cc(NC(=O)c2ccc([N+](=O)[O-])o2)ccc1Br. The highest BCUT2D eigenvalue weighted by molar-refractivity contribution is 9.10. The summed E-state index contributed by atoms with van der Waals surface area (Å²) < 4.78 is 5.74. The number of hydrogen-bond donors (Lipinski definition) is 1. The Hall–Kier alpha value is -2.15. The van der Waals surface area contributed by atoms with Crippen LogP contribution in [-0.4, -0.2) is 10.8 Å².